The summed E-state index contributed by atoms with van der Waals surface area (Å²) < 4.78 is 20.8. The molecule has 0 aliphatic carbocycles. The molecule has 1 saturated heterocycles. The van der Waals surface area contributed by atoms with Crippen LogP contribution in [0.15, 0.2) is 36.4 Å². The van der Waals surface area contributed by atoms with Gasteiger partial charge >= 0.3 is 12.1 Å². The zero-order valence-electron chi connectivity index (χ0n) is 20.8. The molecule has 0 spiro atoms. The quantitative estimate of drug-likeness (QED) is 0.478. The van der Waals surface area contributed by atoms with Gasteiger partial charge in [-0.05, 0) is 87.9 Å². The van der Waals surface area contributed by atoms with Crippen LogP contribution >= 0.6 is 11.6 Å². The first-order valence-electron chi connectivity index (χ1n) is 11.8. The molecular formula is C27H31ClFNO6. The van der Waals surface area contributed by atoms with Gasteiger partial charge in [0.05, 0.1) is 16.7 Å². The molecule has 1 fully saturated rings. The van der Waals surface area contributed by atoms with Crippen LogP contribution < -0.4 is 0 Å². The SMILES string of the molecule is CC[C@](O)(c1cc(F)c(C(=O)c2ccc(Cl)cc2)c(C(=O)O)c1)C1CCN(C(=O)OC(C)(C)C)CC1. The molecular weight excluding hydrogens is 489 g/mol. The molecule has 0 aromatic heterocycles. The maximum Gasteiger partial charge on any atom is 0.410 e. The van der Waals surface area contributed by atoms with Crippen molar-refractivity contribution in [2.75, 3.05) is 13.1 Å². The molecule has 9 heteroatoms. The van der Waals surface area contributed by atoms with Gasteiger partial charge in [0.25, 0.3) is 0 Å². The highest BCUT2D eigenvalue weighted by atomic mass is 35.5. The fourth-order valence-corrected chi connectivity index (χ4v) is 4.72. The number of hydrogen-bond acceptors (Lipinski definition) is 5. The van der Waals surface area contributed by atoms with Gasteiger partial charge < -0.3 is 19.8 Å². The smallest absolute Gasteiger partial charge is 0.410 e. The average Bonchev–Trinajstić information content (AvgIpc) is 2.82. The van der Waals surface area contributed by atoms with Crippen LogP contribution in [-0.2, 0) is 10.3 Å². The Kier molecular flexibility index (Phi) is 8.10. The first-order valence-corrected chi connectivity index (χ1v) is 12.2. The fraction of sp³-hybridized carbons (Fsp3) is 0.444. The number of halogens is 2. The third-order valence-electron chi connectivity index (χ3n) is 6.52. The molecule has 1 heterocycles. The van der Waals surface area contributed by atoms with E-state index in [4.69, 9.17) is 16.3 Å². The Morgan fingerprint density at radius 2 is 1.69 bits per heavy atom. The maximum atomic E-state index is 15.4. The van der Waals surface area contributed by atoms with Gasteiger partial charge in [0.15, 0.2) is 5.78 Å². The summed E-state index contributed by atoms with van der Waals surface area (Å²) in [4.78, 5) is 39.0. The summed E-state index contributed by atoms with van der Waals surface area (Å²) in [6, 6.07) is 7.93. The number of ether oxygens (including phenoxy) is 1. The second-order valence-corrected chi connectivity index (χ2v) is 10.5. The van der Waals surface area contributed by atoms with E-state index in [0.717, 1.165) is 6.07 Å². The molecule has 0 saturated carbocycles. The number of likely N-dealkylation sites (tertiary alicyclic amines) is 1. The second-order valence-electron chi connectivity index (χ2n) is 10.0. The van der Waals surface area contributed by atoms with Gasteiger partial charge in [-0.25, -0.2) is 14.0 Å². The molecule has 1 atom stereocenters. The molecule has 1 aliphatic rings. The second kappa shape index (κ2) is 10.6. The molecule has 1 amide bonds. The van der Waals surface area contributed by atoms with E-state index in [9.17, 15) is 24.6 Å². The van der Waals surface area contributed by atoms with Crippen molar-refractivity contribution < 1.29 is 33.7 Å². The number of piperidine rings is 1. The fourth-order valence-electron chi connectivity index (χ4n) is 4.60. The van der Waals surface area contributed by atoms with Gasteiger partial charge in [-0.1, -0.05) is 18.5 Å². The minimum Gasteiger partial charge on any atom is -0.478 e. The number of nitrogens with zero attached hydrogens (tertiary/aromatic N) is 1. The third-order valence-corrected chi connectivity index (χ3v) is 6.77. The van der Waals surface area contributed by atoms with Crippen LogP contribution in [0.3, 0.4) is 0 Å². The Labute approximate surface area is 214 Å². The number of aliphatic hydroxyl groups is 1. The van der Waals surface area contributed by atoms with Crippen LogP contribution in [0.25, 0.3) is 0 Å². The van der Waals surface area contributed by atoms with E-state index >= 15 is 4.39 Å². The first kappa shape index (κ1) is 27.6. The lowest BCUT2D eigenvalue weighted by molar-refractivity contribution is -0.0548. The number of aromatic carboxylic acids is 1. The molecule has 7 nitrogen and oxygen atoms in total. The number of hydrogen-bond donors (Lipinski definition) is 2. The molecule has 0 radical (unpaired) electrons. The van der Waals surface area contributed by atoms with Crippen molar-refractivity contribution in [2.45, 2.75) is 58.2 Å². The van der Waals surface area contributed by atoms with Crippen molar-refractivity contribution in [2.24, 2.45) is 5.92 Å². The predicted octanol–water partition coefficient (Wildman–Crippen LogP) is 5.65. The molecule has 2 aromatic rings. The normalized spacial score (nSPS) is 16.4. The molecule has 3 rings (SSSR count). The topological polar surface area (TPSA) is 104 Å². The molecule has 36 heavy (non-hydrogen) atoms. The van der Waals surface area contributed by atoms with Crippen molar-refractivity contribution in [3.8, 4) is 0 Å². The van der Waals surface area contributed by atoms with Crippen LogP contribution in [0.1, 0.15) is 78.8 Å². The van der Waals surface area contributed by atoms with Crippen LogP contribution in [-0.4, -0.2) is 51.6 Å². The summed E-state index contributed by atoms with van der Waals surface area (Å²) in [6.45, 7) is 7.74. The number of carbonyl (C=O) groups is 3. The Morgan fingerprint density at radius 3 is 2.19 bits per heavy atom. The Balaban J connectivity index is 1.91. The van der Waals surface area contributed by atoms with Crippen molar-refractivity contribution in [3.63, 3.8) is 0 Å². The average molecular weight is 520 g/mol. The highest BCUT2D eigenvalue weighted by Gasteiger charge is 2.41. The summed E-state index contributed by atoms with van der Waals surface area (Å²) in [6.07, 6.45) is 0.579. The summed E-state index contributed by atoms with van der Waals surface area (Å²) in [5, 5.41) is 21.8. The van der Waals surface area contributed by atoms with Crippen molar-refractivity contribution in [3.05, 3.63) is 69.5 Å². The predicted molar refractivity (Wildman–Crippen MR) is 133 cm³/mol. The number of carbonyl (C=O) groups excluding carboxylic acids is 2. The van der Waals surface area contributed by atoms with Gasteiger partial charge in [0.1, 0.15) is 11.4 Å². The van der Waals surface area contributed by atoms with Gasteiger partial charge in [-0.2, -0.15) is 0 Å². The van der Waals surface area contributed by atoms with Crippen molar-refractivity contribution in [1.82, 2.24) is 4.90 Å². The zero-order valence-corrected chi connectivity index (χ0v) is 21.6. The monoisotopic (exact) mass is 519 g/mol. The van der Waals surface area contributed by atoms with Crippen molar-refractivity contribution in [1.29, 1.82) is 0 Å². The number of carboxylic acids is 1. The summed E-state index contributed by atoms with van der Waals surface area (Å²) in [7, 11) is 0. The minimum absolute atomic E-state index is 0.0864. The van der Waals surface area contributed by atoms with E-state index < -0.39 is 46.0 Å². The maximum absolute atomic E-state index is 15.4. The first-order chi connectivity index (χ1) is 16.8. The standard InChI is InChI=1S/C27H31ClFNO6/c1-5-27(35,17-10-12-30(13-11-17)25(34)36-26(2,3)4)18-14-20(24(32)33)22(21(29)15-18)23(31)16-6-8-19(28)9-7-16/h6-9,14-15,17,35H,5,10-13H2,1-4H3,(H,32,33)/t27-/m1/s1. The van der Waals surface area contributed by atoms with E-state index in [1.54, 1.807) is 32.6 Å². The molecule has 0 unspecified atom stereocenters. The number of carboxylic acid groups (broad SMARTS) is 1. The number of amides is 1. The van der Waals surface area contributed by atoms with Gasteiger partial charge in [-0.3, -0.25) is 4.79 Å². The zero-order chi connectivity index (χ0) is 26.8. The number of benzene rings is 2. The summed E-state index contributed by atoms with van der Waals surface area (Å²) in [5.74, 6) is -3.66. The molecule has 1 aliphatic heterocycles. The lowest BCUT2D eigenvalue weighted by Crippen LogP contribution is -2.46. The Hall–Kier alpha value is -2.97. The van der Waals surface area contributed by atoms with E-state index in [2.05, 4.69) is 0 Å². The van der Waals surface area contributed by atoms with Crippen LogP contribution in [0.5, 0.6) is 0 Å². The lowest BCUT2D eigenvalue weighted by atomic mass is 9.73. The minimum atomic E-state index is -1.55. The lowest BCUT2D eigenvalue weighted by Gasteiger charge is -2.41. The van der Waals surface area contributed by atoms with Crippen LogP contribution in [0, 0.1) is 11.7 Å². The summed E-state index contributed by atoms with van der Waals surface area (Å²) >= 11 is 5.85. The van der Waals surface area contributed by atoms with E-state index in [-0.39, 0.29) is 23.5 Å². The molecule has 0 bridgehead atoms. The van der Waals surface area contributed by atoms with Gasteiger partial charge in [0.2, 0.25) is 0 Å². The Bertz CT molecular complexity index is 1150. The van der Waals surface area contributed by atoms with E-state index in [1.165, 1.54) is 30.3 Å². The molecule has 2 aromatic carbocycles. The highest BCUT2D eigenvalue weighted by Crippen LogP contribution is 2.41. The largest absolute Gasteiger partial charge is 0.478 e. The third kappa shape index (κ3) is 5.87. The van der Waals surface area contributed by atoms with Gasteiger partial charge in [0, 0.05) is 23.7 Å². The van der Waals surface area contributed by atoms with Gasteiger partial charge in [-0.15, -0.1) is 0 Å². The molecule has 194 valence electrons. The van der Waals surface area contributed by atoms with E-state index in [1.807, 2.05) is 0 Å². The van der Waals surface area contributed by atoms with Crippen LogP contribution in [0.4, 0.5) is 9.18 Å². The van der Waals surface area contributed by atoms with Crippen molar-refractivity contribution >= 4 is 29.4 Å². The molecule has 2 N–H and O–H groups in total. The number of rotatable bonds is 6. The Morgan fingerprint density at radius 1 is 1.11 bits per heavy atom. The van der Waals surface area contributed by atoms with Crippen LogP contribution in [0.2, 0.25) is 5.02 Å². The number of ketones is 1. The summed E-state index contributed by atoms with van der Waals surface area (Å²) in [5.41, 5.74) is -3.10. The highest BCUT2D eigenvalue weighted by molar-refractivity contribution is 6.30. The van der Waals surface area contributed by atoms with E-state index in [0.29, 0.717) is 31.0 Å².